The first-order chi connectivity index (χ1) is 12.1. The van der Waals surface area contributed by atoms with Gasteiger partial charge in [0.1, 0.15) is 0 Å². The quantitative estimate of drug-likeness (QED) is 0.450. The summed E-state index contributed by atoms with van der Waals surface area (Å²) in [4.78, 5) is 4.71. The third-order valence-corrected chi connectivity index (χ3v) is 11.8. The molecule has 0 atom stereocenters. The maximum absolute atomic E-state index is 6.37. The van der Waals surface area contributed by atoms with E-state index in [2.05, 4.69) is 94.8 Å². The van der Waals surface area contributed by atoms with Gasteiger partial charge in [0.2, 0.25) is 0 Å². The molecule has 0 aliphatic carbocycles. The highest BCUT2D eigenvalue weighted by Crippen LogP contribution is 2.44. The van der Waals surface area contributed by atoms with Gasteiger partial charge < -0.3 is 4.43 Å². The van der Waals surface area contributed by atoms with Gasteiger partial charge in [0, 0.05) is 5.69 Å². The van der Waals surface area contributed by atoms with Gasteiger partial charge in [0.05, 0.1) is 12.3 Å². The van der Waals surface area contributed by atoms with Gasteiger partial charge in [0.15, 0.2) is 15.6 Å². The van der Waals surface area contributed by atoms with Crippen molar-refractivity contribution < 1.29 is 4.43 Å². The molecule has 1 rings (SSSR count). The normalized spacial score (nSPS) is 13.7. The Hall–Kier alpha value is -0.608. The van der Waals surface area contributed by atoms with Crippen molar-refractivity contribution in [3.8, 4) is 0 Å². The predicted molar refractivity (Wildman–Crippen MR) is 124 cm³/mol. The van der Waals surface area contributed by atoms with Crippen molar-refractivity contribution in [3.63, 3.8) is 0 Å². The average Bonchev–Trinajstić information content (AvgIpc) is 2.51. The Labute approximate surface area is 171 Å². The van der Waals surface area contributed by atoms with Crippen molar-refractivity contribution in [2.45, 2.75) is 106 Å². The number of aryl methyl sites for hydroxylation is 1. The van der Waals surface area contributed by atoms with E-state index < -0.39 is 8.32 Å². The van der Waals surface area contributed by atoms with E-state index in [0.29, 0.717) is 17.4 Å². The molecule has 0 fully saturated rings. The summed E-state index contributed by atoms with van der Waals surface area (Å²) in [5.74, 6) is 0. The molecule has 4 heteroatoms. The molecular weight excluding hydrogens is 345 g/mol. The molecule has 0 saturated heterocycles. The topological polar surface area (TPSA) is 22.1 Å². The summed E-state index contributed by atoms with van der Waals surface area (Å²) in [6.45, 7) is 26.0. The molecule has 0 spiro atoms. The smallest absolute Gasteiger partial charge is 0.192 e. The number of hydrogen-bond donors (Lipinski definition) is 0. The van der Waals surface area contributed by atoms with Crippen LogP contribution in [0.2, 0.25) is 24.5 Å². The van der Waals surface area contributed by atoms with E-state index in [1.54, 1.807) is 0 Å². The van der Waals surface area contributed by atoms with Crippen molar-refractivity contribution in [2.24, 2.45) is 10.8 Å². The summed E-state index contributed by atoms with van der Waals surface area (Å²) in [7, 11) is 0.625. The number of aromatic nitrogens is 1. The second-order valence-electron chi connectivity index (χ2n) is 10.9. The highest BCUT2D eigenvalue weighted by Gasteiger charge is 2.37. The highest BCUT2D eigenvalue weighted by atomic mass is 28.4. The van der Waals surface area contributed by atoms with Gasteiger partial charge in [0.25, 0.3) is 0 Å². The SMILES string of the molecule is CCC(C)(C)C(C)(C)CC[B]c1cc(C)nc(CO[Si](C)(C)C(C)(C)C)c1. The summed E-state index contributed by atoms with van der Waals surface area (Å²) in [6, 6.07) is 4.39. The molecule has 0 N–H and O–H groups in total. The van der Waals surface area contributed by atoms with Gasteiger partial charge in [-0.15, -0.1) is 0 Å². The van der Waals surface area contributed by atoms with Crippen LogP contribution in [0.5, 0.6) is 0 Å². The van der Waals surface area contributed by atoms with Gasteiger partial charge in [-0.3, -0.25) is 4.98 Å². The molecule has 0 saturated carbocycles. The van der Waals surface area contributed by atoms with Crippen LogP contribution in [-0.2, 0) is 11.0 Å². The first-order valence-electron chi connectivity index (χ1n) is 10.6. The van der Waals surface area contributed by atoms with Crippen molar-refractivity contribution in [3.05, 3.63) is 23.5 Å². The maximum atomic E-state index is 6.37. The van der Waals surface area contributed by atoms with E-state index in [0.717, 1.165) is 17.7 Å². The fourth-order valence-corrected chi connectivity index (χ4v) is 3.79. The van der Waals surface area contributed by atoms with E-state index in [-0.39, 0.29) is 5.04 Å². The molecule has 0 bridgehead atoms. The molecule has 1 aromatic rings. The van der Waals surface area contributed by atoms with Gasteiger partial charge in [-0.05, 0) is 48.0 Å². The zero-order chi connectivity index (χ0) is 21.1. The van der Waals surface area contributed by atoms with Gasteiger partial charge in [-0.1, -0.05) is 80.0 Å². The van der Waals surface area contributed by atoms with E-state index in [9.17, 15) is 0 Å². The molecule has 2 nitrogen and oxygen atoms in total. The van der Waals surface area contributed by atoms with Gasteiger partial charge in [-0.25, -0.2) is 0 Å². The predicted octanol–water partition coefficient (Wildman–Crippen LogP) is 6.51. The van der Waals surface area contributed by atoms with E-state index >= 15 is 0 Å². The van der Waals surface area contributed by atoms with Crippen LogP contribution in [-0.4, -0.2) is 20.6 Å². The van der Waals surface area contributed by atoms with Crippen LogP contribution in [0.1, 0.15) is 79.6 Å². The zero-order valence-electron chi connectivity index (χ0n) is 19.9. The highest BCUT2D eigenvalue weighted by molar-refractivity contribution is 6.74. The molecule has 0 amide bonds. The third kappa shape index (κ3) is 6.74. The summed E-state index contributed by atoms with van der Waals surface area (Å²) >= 11 is 0. The Balaban J connectivity index is 2.74. The largest absolute Gasteiger partial charge is 0.411 e. The molecule has 1 heterocycles. The molecule has 27 heavy (non-hydrogen) atoms. The summed E-state index contributed by atoms with van der Waals surface area (Å²) in [6.07, 6.45) is 3.51. The van der Waals surface area contributed by atoms with Gasteiger partial charge in [-0.2, -0.15) is 0 Å². The number of rotatable bonds is 9. The van der Waals surface area contributed by atoms with Crippen molar-refractivity contribution >= 4 is 21.1 Å². The molecule has 1 aromatic heterocycles. The first-order valence-corrected chi connectivity index (χ1v) is 13.5. The molecule has 153 valence electrons. The standard InChI is InChI=1S/C23H43BNOSi/c1-12-22(6,7)23(8,9)13-14-24-19-15-18(2)25-20(16-19)17-26-27(10,11)21(3,4)5/h15-16H,12-14,17H2,1-11H3. The van der Waals surface area contributed by atoms with E-state index in [4.69, 9.17) is 9.41 Å². The van der Waals surface area contributed by atoms with E-state index in [1.807, 2.05) is 0 Å². The average molecular weight is 389 g/mol. The van der Waals surface area contributed by atoms with Crippen molar-refractivity contribution in [2.75, 3.05) is 0 Å². The molecular formula is C23H43BNOSi. The third-order valence-electron chi connectivity index (χ3n) is 7.28. The fourth-order valence-electron chi connectivity index (χ4n) is 2.85. The molecule has 0 aliphatic rings. The Morgan fingerprint density at radius 2 is 1.59 bits per heavy atom. The van der Waals surface area contributed by atoms with Crippen LogP contribution in [0.15, 0.2) is 12.1 Å². The van der Waals surface area contributed by atoms with E-state index in [1.165, 1.54) is 18.3 Å². The van der Waals surface area contributed by atoms with Crippen LogP contribution >= 0.6 is 0 Å². The molecule has 0 unspecified atom stereocenters. The Morgan fingerprint density at radius 1 is 1.00 bits per heavy atom. The van der Waals surface area contributed by atoms with Crippen LogP contribution in [0.25, 0.3) is 0 Å². The minimum Gasteiger partial charge on any atom is -0.411 e. The zero-order valence-corrected chi connectivity index (χ0v) is 20.9. The first kappa shape index (κ1) is 24.4. The molecule has 0 aliphatic heterocycles. The van der Waals surface area contributed by atoms with Crippen LogP contribution in [0.3, 0.4) is 0 Å². The van der Waals surface area contributed by atoms with Crippen LogP contribution < -0.4 is 5.46 Å². The number of pyridine rings is 1. The lowest BCUT2D eigenvalue weighted by atomic mass is 9.58. The lowest BCUT2D eigenvalue weighted by Crippen LogP contribution is -2.40. The van der Waals surface area contributed by atoms with Crippen LogP contribution in [0.4, 0.5) is 0 Å². The fraction of sp³-hybridized carbons (Fsp3) is 0.783. The van der Waals surface area contributed by atoms with Crippen molar-refractivity contribution in [1.82, 2.24) is 4.98 Å². The number of hydrogen-bond acceptors (Lipinski definition) is 2. The van der Waals surface area contributed by atoms with Gasteiger partial charge >= 0.3 is 0 Å². The summed E-state index contributed by atoms with van der Waals surface area (Å²) in [5, 5.41) is 0.226. The van der Waals surface area contributed by atoms with Crippen LogP contribution in [0, 0.1) is 17.8 Å². The second-order valence-corrected chi connectivity index (χ2v) is 15.8. The maximum Gasteiger partial charge on any atom is 0.192 e. The Kier molecular flexibility index (Phi) is 7.98. The Bertz CT molecular complexity index is 617. The minimum absolute atomic E-state index is 0.226. The van der Waals surface area contributed by atoms with Crippen molar-refractivity contribution in [1.29, 1.82) is 0 Å². The monoisotopic (exact) mass is 388 g/mol. The lowest BCUT2D eigenvalue weighted by Gasteiger charge is -2.41. The summed E-state index contributed by atoms with van der Waals surface area (Å²) in [5.41, 5.74) is 4.09. The second kappa shape index (κ2) is 8.82. The number of nitrogens with zero attached hydrogens (tertiary/aromatic N) is 1. The lowest BCUT2D eigenvalue weighted by molar-refractivity contribution is 0.0998. The summed E-state index contributed by atoms with van der Waals surface area (Å²) < 4.78 is 6.37. The molecule has 1 radical (unpaired) electrons. The molecule has 0 aromatic carbocycles. The minimum atomic E-state index is -1.75. The Morgan fingerprint density at radius 3 is 2.11 bits per heavy atom.